The van der Waals surface area contributed by atoms with Gasteiger partial charge in [-0.1, -0.05) is 0 Å². The van der Waals surface area contributed by atoms with Gasteiger partial charge in [-0.3, -0.25) is 14.4 Å². The molecule has 2 aromatic rings. The molecule has 0 spiro atoms. The molecule has 0 atom stereocenters. The molecular formula is C19H19NO6. The van der Waals surface area contributed by atoms with Crippen molar-refractivity contribution >= 4 is 23.3 Å². The third-order valence-corrected chi connectivity index (χ3v) is 3.68. The maximum atomic E-state index is 12.4. The first-order valence-electron chi connectivity index (χ1n) is 7.83. The topological polar surface area (TPSA) is 102 Å². The lowest BCUT2D eigenvalue weighted by Crippen LogP contribution is -2.13. The first-order chi connectivity index (χ1) is 12.4. The molecular weight excluding hydrogens is 338 g/mol. The highest BCUT2D eigenvalue weighted by Crippen LogP contribution is 2.25. The first kappa shape index (κ1) is 19.0. The van der Waals surface area contributed by atoms with Gasteiger partial charge in [-0.15, -0.1) is 0 Å². The van der Waals surface area contributed by atoms with Gasteiger partial charge in [0.15, 0.2) is 5.78 Å². The van der Waals surface area contributed by atoms with Gasteiger partial charge in [0, 0.05) is 23.7 Å². The number of hydrogen-bond acceptors (Lipinski definition) is 5. The number of carboxylic acid groups (broad SMARTS) is 1. The van der Waals surface area contributed by atoms with E-state index < -0.39 is 5.97 Å². The molecule has 0 aliphatic rings. The van der Waals surface area contributed by atoms with Gasteiger partial charge in [0.1, 0.15) is 11.5 Å². The third-order valence-electron chi connectivity index (χ3n) is 3.68. The summed E-state index contributed by atoms with van der Waals surface area (Å²) in [5.41, 5.74) is 1.24. The summed E-state index contributed by atoms with van der Waals surface area (Å²) >= 11 is 0. The van der Waals surface area contributed by atoms with E-state index in [2.05, 4.69) is 5.32 Å². The van der Waals surface area contributed by atoms with E-state index in [0.717, 1.165) is 0 Å². The van der Waals surface area contributed by atoms with E-state index in [9.17, 15) is 14.4 Å². The number of carbonyl (C=O) groups is 3. The summed E-state index contributed by atoms with van der Waals surface area (Å²) in [5, 5.41) is 11.3. The number of hydrogen-bond donors (Lipinski definition) is 2. The van der Waals surface area contributed by atoms with Crippen LogP contribution in [0.5, 0.6) is 11.5 Å². The Morgan fingerprint density at radius 2 is 1.65 bits per heavy atom. The molecule has 0 bridgehead atoms. The quantitative estimate of drug-likeness (QED) is 0.704. The standard InChI is InChI=1S/C19H19NO6/c1-25-14-7-8-15(17(11-14)26-2)19(24)20-13-5-3-12(4-6-13)16(21)9-10-18(22)23/h3-8,11H,9-10H2,1-2H3,(H,20,24)(H,22,23). The number of ketones is 1. The number of ether oxygens (including phenoxy) is 2. The number of rotatable bonds is 8. The lowest BCUT2D eigenvalue weighted by atomic mass is 10.1. The van der Waals surface area contributed by atoms with E-state index >= 15 is 0 Å². The molecule has 0 unspecified atom stereocenters. The Bertz CT molecular complexity index is 813. The predicted molar refractivity (Wildman–Crippen MR) is 95.1 cm³/mol. The number of anilines is 1. The monoisotopic (exact) mass is 357 g/mol. The van der Waals surface area contributed by atoms with Crippen LogP contribution in [-0.4, -0.2) is 37.0 Å². The number of carbonyl (C=O) groups excluding carboxylic acids is 2. The van der Waals surface area contributed by atoms with Crippen molar-refractivity contribution in [2.24, 2.45) is 0 Å². The van der Waals surface area contributed by atoms with Crippen LogP contribution in [0, 0.1) is 0 Å². The highest BCUT2D eigenvalue weighted by Gasteiger charge is 2.14. The van der Waals surface area contributed by atoms with Crippen LogP contribution in [-0.2, 0) is 4.79 Å². The van der Waals surface area contributed by atoms with Crippen molar-refractivity contribution in [1.82, 2.24) is 0 Å². The number of benzene rings is 2. The number of carboxylic acids is 1. The van der Waals surface area contributed by atoms with Crippen molar-refractivity contribution in [3.63, 3.8) is 0 Å². The van der Waals surface area contributed by atoms with Gasteiger partial charge in [-0.25, -0.2) is 0 Å². The van der Waals surface area contributed by atoms with Crippen LogP contribution in [0.3, 0.4) is 0 Å². The van der Waals surface area contributed by atoms with Gasteiger partial charge in [-0.05, 0) is 36.4 Å². The van der Waals surface area contributed by atoms with E-state index in [4.69, 9.17) is 14.6 Å². The Kier molecular flexibility index (Phi) is 6.32. The Labute approximate surface area is 150 Å². The lowest BCUT2D eigenvalue weighted by Gasteiger charge is -2.11. The van der Waals surface area contributed by atoms with Crippen LogP contribution in [0.15, 0.2) is 42.5 Å². The van der Waals surface area contributed by atoms with Gasteiger partial charge in [0.2, 0.25) is 0 Å². The van der Waals surface area contributed by atoms with E-state index in [0.29, 0.717) is 28.3 Å². The zero-order valence-electron chi connectivity index (χ0n) is 14.4. The number of methoxy groups -OCH3 is 2. The molecule has 0 saturated carbocycles. The maximum Gasteiger partial charge on any atom is 0.303 e. The average Bonchev–Trinajstić information content (AvgIpc) is 2.65. The van der Waals surface area contributed by atoms with Gasteiger partial charge in [-0.2, -0.15) is 0 Å². The summed E-state index contributed by atoms with van der Waals surface area (Å²) in [7, 11) is 2.98. The Hall–Kier alpha value is -3.35. The van der Waals surface area contributed by atoms with Crippen molar-refractivity contribution in [3.05, 3.63) is 53.6 Å². The van der Waals surface area contributed by atoms with Crippen molar-refractivity contribution in [3.8, 4) is 11.5 Å². The first-order valence-corrected chi connectivity index (χ1v) is 7.83. The molecule has 0 saturated heterocycles. The molecule has 26 heavy (non-hydrogen) atoms. The molecule has 0 fully saturated rings. The zero-order valence-corrected chi connectivity index (χ0v) is 14.4. The van der Waals surface area contributed by atoms with Crippen molar-refractivity contribution in [2.75, 3.05) is 19.5 Å². The van der Waals surface area contributed by atoms with Gasteiger partial charge >= 0.3 is 5.97 Å². The normalized spacial score (nSPS) is 10.1. The van der Waals surface area contributed by atoms with Crippen LogP contribution < -0.4 is 14.8 Å². The molecule has 7 heteroatoms. The largest absolute Gasteiger partial charge is 0.497 e. The summed E-state index contributed by atoms with van der Waals surface area (Å²) < 4.78 is 10.3. The number of Topliss-reactive ketones (excluding diaryl/α,β-unsaturated/α-hetero) is 1. The van der Waals surface area contributed by atoms with E-state index in [1.165, 1.54) is 14.2 Å². The number of aliphatic carboxylic acids is 1. The molecule has 136 valence electrons. The second kappa shape index (κ2) is 8.66. The zero-order chi connectivity index (χ0) is 19.1. The fourth-order valence-electron chi connectivity index (χ4n) is 2.29. The Morgan fingerprint density at radius 1 is 0.962 bits per heavy atom. The summed E-state index contributed by atoms with van der Waals surface area (Å²) in [5.74, 6) is -0.697. The minimum absolute atomic E-state index is 0.0654. The molecule has 1 amide bonds. The molecule has 0 aromatic heterocycles. The van der Waals surface area contributed by atoms with Crippen molar-refractivity contribution in [1.29, 1.82) is 0 Å². The third kappa shape index (κ3) is 4.83. The molecule has 2 aromatic carbocycles. The van der Waals surface area contributed by atoms with Gasteiger partial charge < -0.3 is 19.9 Å². The SMILES string of the molecule is COc1ccc(C(=O)Nc2ccc(C(=O)CCC(=O)O)cc2)c(OC)c1. The molecule has 0 radical (unpaired) electrons. The minimum Gasteiger partial charge on any atom is -0.497 e. The van der Waals surface area contributed by atoms with E-state index in [1.807, 2.05) is 0 Å². The van der Waals surface area contributed by atoms with Crippen LogP contribution in [0.4, 0.5) is 5.69 Å². The second-order valence-corrected chi connectivity index (χ2v) is 5.41. The van der Waals surface area contributed by atoms with Gasteiger partial charge in [0.25, 0.3) is 5.91 Å². The summed E-state index contributed by atoms with van der Waals surface area (Å²) in [4.78, 5) is 34.8. The minimum atomic E-state index is -1.02. The second-order valence-electron chi connectivity index (χ2n) is 5.41. The molecule has 0 aliphatic carbocycles. The van der Waals surface area contributed by atoms with Crippen LogP contribution in [0.1, 0.15) is 33.6 Å². The predicted octanol–water partition coefficient (Wildman–Crippen LogP) is 3.00. The maximum absolute atomic E-state index is 12.4. The molecule has 0 heterocycles. The van der Waals surface area contributed by atoms with Crippen molar-refractivity contribution < 1.29 is 29.0 Å². The van der Waals surface area contributed by atoms with Crippen LogP contribution in [0.2, 0.25) is 0 Å². The number of amides is 1. The van der Waals surface area contributed by atoms with Gasteiger partial charge in [0.05, 0.1) is 26.2 Å². The van der Waals surface area contributed by atoms with E-state index in [-0.39, 0.29) is 24.5 Å². The summed E-state index contributed by atoms with van der Waals surface area (Å²) in [6.07, 6.45) is -0.279. The smallest absolute Gasteiger partial charge is 0.303 e. The molecule has 2 N–H and O–H groups in total. The summed E-state index contributed by atoms with van der Waals surface area (Å²) in [6, 6.07) is 11.1. The molecule has 7 nitrogen and oxygen atoms in total. The molecule has 0 aliphatic heterocycles. The summed E-state index contributed by atoms with van der Waals surface area (Å²) in [6.45, 7) is 0. The average molecular weight is 357 g/mol. The Morgan fingerprint density at radius 3 is 2.23 bits per heavy atom. The van der Waals surface area contributed by atoms with Crippen molar-refractivity contribution in [2.45, 2.75) is 12.8 Å². The highest BCUT2D eigenvalue weighted by molar-refractivity contribution is 6.06. The Balaban J connectivity index is 2.08. The highest BCUT2D eigenvalue weighted by atomic mass is 16.5. The van der Waals surface area contributed by atoms with Crippen LogP contribution in [0.25, 0.3) is 0 Å². The fraction of sp³-hybridized carbons (Fsp3) is 0.211. The number of nitrogens with one attached hydrogen (secondary N) is 1. The van der Waals surface area contributed by atoms with Crippen LogP contribution >= 0.6 is 0 Å². The molecule has 2 rings (SSSR count). The lowest BCUT2D eigenvalue weighted by molar-refractivity contribution is -0.136. The fourth-order valence-corrected chi connectivity index (χ4v) is 2.29. The van der Waals surface area contributed by atoms with E-state index in [1.54, 1.807) is 42.5 Å².